The Morgan fingerprint density at radius 3 is 2.82 bits per heavy atom. The second kappa shape index (κ2) is 6.23. The van der Waals surface area contributed by atoms with E-state index in [1.54, 1.807) is 42.5 Å². The minimum Gasteiger partial charge on any atom is -0.371 e. The molecule has 1 aliphatic heterocycles. The number of fused-ring (bicyclic) bond motifs is 5. The van der Waals surface area contributed by atoms with Gasteiger partial charge in [0.25, 0.3) is 5.91 Å². The Labute approximate surface area is 157 Å². The van der Waals surface area contributed by atoms with Gasteiger partial charge in [0, 0.05) is 11.8 Å². The summed E-state index contributed by atoms with van der Waals surface area (Å²) in [6.07, 6.45) is 2.80. The van der Waals surface area contributed by atoms with E-state index in [4.69, 9.17) is 4.84 Å². The number of hydrogen-bond acceptors (Lipinski definition) is 6. The molecular formula is C19H11FN6O2. The summed E-state index contributed by atoms with van der Waals surface area (Å²) in [6.45, 7) is 0. The van der Waals surface area contributed by atoms with E-state index in [0.717, 1.165) is 0 Å². The molecule has 28 heavy (non-hydrogen) atoms. The maximum Gasteiger partial charge on any atom is 0.260 e. The van der Waals surface area contributed by atoms with Crippen molar-refractivity contribution in [1.29, 1.82) is 0 Å². The van der Waals surface area contributed by atoms with Crippen molar-refractivity contribution < 1.29 is 14.0 Å². The molecule has 1 aliphatic rings. The first-order valence-corrected chi connectivity index (χ1v) is 8.30. The van der Waals surface area contributed by atoms with Gasteiger partial charge in [0.1, 0.15) is 11.5 Å². The molecule has 136 valence electrons. The average molecular weight is 374 g/mol. The monoisotopic (exact) mass is 374 g/mol. The quantitative estimate of drug-likeness (QED) is 0.515. The Hall–Kier alpha value is -4.14. The standard InChI is InChI=1S/C19H11FN6O2/c20-16-7-5-12(9-21-16)11-4-6-15-13(8-11)19(27)24-17-3-1-2-14(23-17)18-25-22-10-26(18)28-15/h1-10H,(H,23,24,27). The van der Waals surface area contributed by atoms with Crippen molar-refractivity contribution in [2.24, 2.45) is 0 Å². The van der Waals surface area contributed by atoms with Gasteiger partial charge < -0.3 is 10.2 Å². The lowest BCUT2D eigenvalue weighted by atomic mass is 10.0. The van der Waals surface area contributed by atoms with Crippen LogP contribution in [-0.2, 0) is 0 Å². The molecule has 0 spiro atoms. The van der Waals surface area contributed by atoms with Crippen LogP contribution in [0.2, 0.25) is 0 Å². The zero-order chi connectivity index (χ0) is 19.1. The Morgan fingerprint density at radius 2 is 1.96 bits per heavy atom. The van der Waals surface area contributed by atoms with Crippen LogP contribution in [0.15, 0.2) is 61.1 Å². The number of rotatable bonds is 1. The van der Waals surface area contributed by atoms with Crippen molar-refractivity contribution >= 4 is 11.7 Å². The van der Waals surface area contributed by atoms with Gasteiger partial charge in [-0.2, -0.15) is 4.39 Å². The molecule has 4 heterocycles. The molecule has 0 aliphatic carbocycles. The van der Waals surface area contributed by atoms with Crippen LogP contribution < -0.4 is 10.2 Å². The lowest BCUT2D eigenvalue weighted by Crippen LogP contribution is -2.18. The number of pyridine rings is 2. The minimum absolute atomic E-state index is 0.274. The van der Waals surface area contributed by atoms with Crippen LogP contribution in [0.1, 0.15) is 10.4 Å². The number of benzene rings is 1. The predicted octanol–water partition coefficient (Wildman–Crippen LogP) is 2.95. The van der Waals surface area contributed by atoms with E-state index in [-0.39, 0.29) is 5.56 Å². The summed E-state index contributed by atoms with van der Waals surface area (Å²) in [5.74, 6) is 0.111. The first kappa shape index (κ1) is 16.1. The number of carbonyl (C=O) groups excluding carboxylic acids is 1. The molecule has 1 amide bonds. The van der Waals surface area contributed by atoms with Gasteiger partial charge in [-0.1, -0.05) is 12.1 Å². The van der Waals surface area contributed by atoms with Crippen LogP contribution in [0.3, 0.4) is 0 Å². The Bertz CT molecular complexity index is 1210. The van der Waals surface area contributed by atoms with Crippen LogP contribution in [0, 0.1) is 5.95 Å². The van der Waals surface area contributed by atoms with Crippen molar-refractivity contribution in [1.82, 2.24) is 24.9 Å². The minimum atomic E-state index is -0.574. The van der Waals surface area contributed by atoms with Gasteiger partial charge in [0.05, 0.1) is 5.56 Å². The zero-order valence-corrected chi connectivity index (χ0v) is 14.2. The van der Waals surface area contributed by atoms with Crippen LogP contribution in [-0.4, -0.2) is 30.8 Å². The molecule has 9 heteroatoms. The highest BCUT2D eigenvalue weighted by atomic mass is 19.1. The summed E-state index contributed by atoms with van der Waals surface area (Å²) in [5.41, 5.74) is 2.13. The average Bonchev–Trinajstić information content (AvgIpc) is 3.17. The van der Waals surface area contributed by atoms with Crippen molar-refractivity contribution in [3.8, 4) is 28.4 Å². The fraction of sp³-hybridized carbons (Fsp3) is 0. The molecule has 0 unspecified atom stereocenters. The van der Waals surface area contributed by atoms with Crippen molar-refractivity contribution in [3.05, 3.63) is 72.6 Å². The lowest BCUT2D eigenvalue weighted by Gasteiger charge is -2.16. The third-order valence-electron chi connectivity index (χ3n) is 4.22. The van der Waals surface area contributed by atoms with Crippen molar-refractivity contribution in [3.63, 3.8) is 0 Å². The summed E-state index contributed by atoms with van der Waals surface area (Å²) in [4.78, 5) is 26.8. The van der Waals surface area contributed by atoms with Gasteiger partial charge in [-0.05, 0) is 42.0 Å². The molecule has 8 nitrogen and oxygen atoms in total. The molecule has 0 radical (unpaired) electrons. The molecule has 3 aromatic heterocycles. The van der Waals surface area contributed by atoms with E-state index in [1.165, 1.54) is 23.3 Å². The lowest BCUT2D eigenvalue weighted by molar-refractivity contribution is 0.101. The third-order valence-corrected chi connectivity index (χ3v) is 4.22. The maximum absolute atomic E-state index is 13.1. The zero-order valence-electron chi connectivity index (χ0n) is 14.2. The summed E-state index contributed by atoms with van der Waals surface area (Å²) >= 11 is 0. The number of nitrogens with one attached hydrogen (secondary N) is 1. The van der Waals surface area contributed by atoms with Gasteiger partial charge in [-0.25, -0.2) is 9.97 Å². The van der Waals surface area contributed by atoms with Gasteiger partial charge in [-0.3, -0.25) is 4.79 Å². The molecule has 0 saturated heterocycles. The first-order valence-electron chi connectivity index (χ1n) is 8.30. The smallest absolute Gasteiger partial charge is 0.260 e. The van der Waals surface area contributed by atoms with E-state index in [2.05, 4.69) is 25.5 Å². The van der Waals surface area contributed by atoms with Crippen LogP contribution in [0.25, 0.3) is 22.6 Å². The molecule has 0 atom stereocenters. The Kier molecular flexibility index (Phi) is 3.58. The van der Waals surface area contributed by atoms with E-state index in [1.807, 2.05) is 0 Å². The second-order valence-electron chi connectivity index (χ2n) is 6.01. The highest BCUT2D eigenvalue weighted by Crippen LogP contribution is 2.29. The highest BCUT2D eigenvalue weighted by molar-refractivity contribution is 6.06. The van der Waals surface area contributed by atoms with Gasteiger partial charge in [-0.15, -0.1) is 14.9 Å². The third kappa shape index (κ3) is 2.75. The number of hydrogen-bond donors (Lipinski definition) is 1. The maximum atomic E-state index is 13.1. The van der Waals surface area contributed by atoms with Gasteiger partial charge in [0.15, 0.2) is 12.1 Å². The first-order chi connectivity index (χ1) is 13.7. The SMILES string of the molecule is O=C1Nc2cccc(n2)-c2nncn2Oc2ccc(-c3ccc(F)nc3)cc21. The van der Waals surface area contributed by atoms with Crippen molar-refractivity contribution in [2.45, 2.75) is 0 Å². The summed E-state index contributed by atoms with van der Waals surface area (Å²) in [7, 11) is 0. The Morgan fingerprint density at radius 1 is 1.07 bits per heavy atom. The molecule has 1 N–H and O–H groups in total. The summed E-state index contributed by atoms with van der Waals surface area (Å²) < 4.78 is 14.5. The molecule has 5 rings (SSSR count). The summed E-state index contributed by atoms with van der Waals surface area (Å²) in [6, 6.07) is 13.1. The van der Waals surface area contributed by atoms with E-state index in [0.29, 0.717) is 34.2 Å². The number of nitrogens with zero attached hydrogens (tertiary/aromatic N) is 5. The number of amides is 1. The van der Waals surface area contributed by atoms with E-state index < -0.39 is 11.9 Å². The fourth-order valence-electron chi connectivity index (χ4n) is 2.89. The highest BCUT2D eigenvalue weighted by Gasteiger charge is 2.20. The topological polar surface area (TPSA) is 94.8 Å². The molecule has 0 saturated carbocycles. The van der Waals surface area contributed by atoms with Gasteiger partial charge >= 0.3 is 0 Å². The molecular weight excluding hydrogens is 363 g/mol. The second-order valence-corrected chi connectivity index (χ2v) is 6.01. The van der Waals surface area contributed by atoms with Crippen LogP contribution in [0.4, 0.5) is 10.2 Å². The number of anilines is 1. The fourth-order valence-corrected chi connectivity index (χ4v) is 2.89. The predicted molar refractivity (Wildman–Crippen MR) is 96.9 cm³/mol. The van der Waals surface area contributed by atoms with E-state index >= 15 is 0 Å². The number of aromatic nitrogens is 5. The molecule has 0 fully saturated rings. The number of carbonyl (C=O) groups is 1. The molecule has 4 aromatic rings. The molecule has 1 aromatic carbocycles. The Balaban J connectivity index is 1.65. The number of halogens is 1. The van der Waals surface area contributed by atoms with Crippen LogP contribution >= 0.6 is 0 Å². The molecule has 2 bridgehead atoms. The van der Waals surface area contributed by atoms with E-state index in [9.17, 15) is 9.18 Å². The van der Waals surface area contributed by atoms with Gasteiger partial charge in [0.2, 0.25) is 11.8 Å². The van der Waals surface area contributed by atoms with Crippen molar-refractivity contribution in [2.75, 3.05) is 5.32 Å². The normalized spacial score (nSPS) is 12.4. The largest absolute Gasteiger partial charge is 0.371 e. The summed E-state index contributed by atoms with van der Waals surface area (Å²) in [5, 5.41) is 10.7. The van der Waals surface area contributed by atoms with Crippen LogP contribution in [0.5, 0.6) is 5.75 Å².